The molecular formula is C18H22N2O5S. The lowest BCUT2D eigenvalue weighted by molar-refractivity contribution is -0.385. The molecule has 2 aromatic rings. The molecule has 0 spiro atoms. The lowest BCUT2D eigenvalue weighted by atomic mass is 10.1. The SMILES string of the molecule is COc1ccc(CCC(C)NS(=O)(=O)c2cccc([N+](=O)[O-])c2C)cc1. The summed E-state index contributed by atoms with van der Waals surface area (Å²) in [6, 6.07) is 11.3. The number of hydrogen-bond donors (Lipinski definition) is 1. The van der Waals surface area contributed by atoms with Crippen LogP contribution in [0.25, 0.3) is 0 Å². The molecule has 26 heavy (non-hydrogen) atoms. The van der Waals surface area contributed by atoms with Gasteiger partial charge in [0, 0.05) is 17.7 Å². The maximum absolute atomic E-state index is 12.6. The number of ether oxygens (including phenoxy) is 1. The Bertz CT molecular complexity index is 879. The van der Waals surface area contributed by atoms with Gasteiger partial charge in [-0.15, -0.1) is 0 Å². The largest absolute Gasteiger partial charge is 0.497 e. The number of benzene rings is 2. The molecule has 1 unspecified atom stereocenters. The van der Waals surface area contributed by atoms with Crippen molar-refractivity contribution in [2.75, 3.05) is 7.11 Å². The number of aryl methyl sites for hydroxylation is 1. The van der Waals surface area contributed by atoms with E-state index in [1.807, 2.05) is 24.3 Å². The van der Waals surface area contributed by atoms with Crippen molar-refractivity contribution in [2.45, 2.75) is 37.6 Å². The fraction of sp³-hybridized carbons (Fsp3) is 0.333. The summed E-state index contributed by atoms with van der Waals surface area (Å²) >= 11 is 0. The van der Waals surface area contributed by atoms with Crippen LogP contribution in [0.2, 0.25) is 0 Å². The van der Waals surface area contributed by atoms with E-state index in [4.69, 9.17) is 4.74 Å². The average molecular weight is 378 g/mol. The molecular weight excluding hydrogens is 356 g/mol. The molecule has 2 rings (SSSR count). The van der Waals surface area contributed by atoms with Crippen LogP contribution in [0.15, 0.2) is 47.4 Å². The van der Waals surface area contributed by atoms with Crippen LogP contribution < -0.4 is 9.46 Å². The monoisotopic (exact) mass is 378 g/mol. The molecule has 0 aliphatic rings. The Morgan fingerprint density at radius 2 is 1.85 bits per heavy atom. The van der Waals surface area contributed by atoms with Crippen LogP contribution in [0.3, 0.4) is 0 Å². The van der Waals surface area contributed by atoms with Crippen molar-refractivity contribution in [1.29, 1.82) is 0 Å². The molecule has 7 nitrogen and oxygen atoms in total. The van der Waals surface area contributed by atoms with Crippen molar-refractivity contribution in [2.24, 2.45) is 0 Å². The zero-order valence-corrected chi connectivity index (χ0v) is 15.7. The maximum atomic E-state index is 12.6. The van der Waals surface area contributed by atoms with Crippen LogP contribution in [-0.4, -0.2) is 26.5 Å². The standard InChI is InChI=1S/C18H22N2O5S/c1-13(7-8-15-9-11-16(25-3)12-10-15)19-26(23,24)18-6-4-5-17(14(18)2)20(21)22/h4-6,9-13,19H,7-8H2,1-3H3. The van der Waals surface area contributed by atoms with Gasteiger partial charge in [0.15, 0.2) is 0 Å². The smallest absolute Gasteiger partial charge is 0.273 e. The second-order valence-electron chi connectivity index (χ2n) is 6.07. The van der Waals surface area contributed by atoms with E-state index in [0.717, 1.165) is 11.3 Å². The third-order valence-corrected chi connectivity index (χ3v) is 5.86. The number of hydrogen-bond acceptors (Lipinski definition) is 5. The van der Waals surface area contributed by atoms with Crippen LogP contribution in [0, 0.1) is 17.0 Å². The summed E-state index contributed by atoms with van der Waals surface area (Å²) in [5.74, 6) is 0.767. The van der Waals surface area contributed by atoms with Gasteiger partial charge in [-0.2, -0.15) is 0 Å². The van der Waals surface area contributed by atoms with E-state index in [9.17, 15) is 18.5 Å². The van der Waals surface area contributed by atoms with E-state index in [-0.39, 0.29) is 22.2 Å². The summed E-state index contributed by atoms with van der Waals surface area (Å²) in [5.41, 5.74) is 0.995. The van der Waals surface area contributed by atoms with E-state index in [0.29, 0.717) is 12.8 Å². The van der Waals surface area contributed by atoms with Gasteiger partial charge in [0.05, 0.1) is 16.9 Å². The lowest BCUT2D eigenvalue weighted by Crippen LogP contribution is -2.33. The highest BCUT2D eigenvalue weighted by molar-refractivity contribution is 7.89. The molecule has 8 heteroatoms. The van der Waals surface area contributed by atoms with Crippen LogP contribution in [0.4, 0.5) is 5.69 Å². The highest BCUT2D eigenvalue weighted by atomic mass is 32.2. The van der Waals surface area contributed by atoms with Gasteiger partial charge in [-0.25, -0.2) is 13.1 Å². The number of nitrogens with one attached hydrogen (secondary N) is 1. The quantitative estimate of drug-likeness (QED) is 0.562. The first-order valence-electron chi connectivity index (χ1n) is 8.14. The van der Waals surface area contributed by atoms with Gasteiger partial charge in [0.2, 0.25) is 10.0 Å². The third-order valence-electron chi connectivity index (χ3n) is 4.12. The van der Waals surface area contributed by atoms with E-state index in [1.54, 1.807) is 14.0 Å². The molecule has 0 aliphatic heterocycles. The summed E-state index contributed by atoms with van der Waals surface area (Å²) in [6.07, 6.45) is 1.29. The molecule has 140 valence electrons. The minimum absolute atomic E-state index is 0.0667. The Morgan fingerprint density at radius 3 is 2.42 bits per heavy atom. The maximum Gasteiger partial charge on any atom is 0.273 e. The highest BCUT2D eigenvalue weighted by Crippen LogP contribution is 2.25. The Morgan fingerprint density at radius 1 is 1.19 bits per heavy atom. The summed E-state index contributed by atoms with van der Waals surface area (Å²) < 4.78 is 32.9. The fourth-order valence-electron chi connectivity index (χ4n) is 2.65. The van der Waals surface area contributed by atoms with Crippen LogP contribution >= 0.6 is 0 Å². The minimum Gasteiger partial charge on any atom is -0.497 e. The first kappa shape index (κ1) is 19.9. The molecule has 0 saturated carbocycles. The van der Waals surface area contributed by atoms with Gasteiger partial charge >= 0.3 is 0 Å². The molecule has 0 saturated heterocycles. The van der Waals surface area contributed by atoms with Crippen molar-refractivity contribution in [3.63, 3.8) is 0 Å². The Kier molecular flexibility index (Phi) is 6.33. The van der Waals surface area contributed by atoms with E-state index in [1.165, 1.54) is 25.1 Å². The minimum atomic E-state index is -3.84. The predicted octanol–water partition coefficient (Wildman–Crippen LogP) is 3.21. The second-order valence-corrected chi connectivity index (χ2v) is 7.75. The average Bonchev–Trinajstić information content (AvgIpc) is 2.59. The summed E-state index contributed by atoms with van der Waals surface area (Å²) in [5, 5.41) is 11.0. The van der Waals surface area contributed by atoms with Gasteiger partial charge in [-0.1, -0.05) is 18.2 Å². The van der Waals surface area contributed by atoms with Gasteiger partial charge in [-0.05, 0) is 50.5 Å². The van der Waals surface area contributed by atoms with Gasteiger partial charge < -0.3 is 4.74 Å². The number of nitrogens with zero attached hydrogens (tertiary/aromatic N) is 1. The number of nitro groups is 1. The molecule has 0 amide bonds. The first-order chi connectivity index (χ1) is 12.2. The van der Waals surface area contributed by atoms with Crippen molar-refractivity contribution in [3.8, 4) is 5.75 Å². The van der Waals surface area contributed by atoms with Crippen LogP contribution in [-0.2, 0) is 16.4 Å². The summed E-state index contributed by atoms with van der Waals surface area (Å²) in [4.78, 5) is 10.4. The Balaban J connectivity index is 2.06. The molecule has 0 radical (unpaired) electrons. The third kappa shape index (κ3) is 4.80. The van der Waals surface area contributed by atoms with Gasteiger partial charge in [-0.3, -0.25) is 10.1 Å². The van der Waals surface area contributed by atoms with Crippen molar-refractivity contribution in [3.05, 3.63) is 63.7 Å². The van der Waals surface area contributed by atoms with Crippen LogP contribution in [0.1, 0.15) is 24.5 Å². The predicted molar refractivity (Wildman–Crippen MR) is 98.9 cm³/mol. The molecule has 0 aromatic heterocycles. The number of methoxy groups -OCH3 is 1. The Hall–Kier alpha value is -2.45. The van der Waals surface area contributed by atoms with Gasteiger partial charge in [0.1, 0.15) is 5.75 Å². The molecule has 1 N–H and O–H groups in total. The van der Waals surface area contributed by atoms with Crippen LogP contribution in [0.5, 0.6) is 5.75 Å². The molecule has 0 heterocycles. The van der Waals surface area contributed by atoms with Crippen molar-refractivity contribution < 1.29 is 18.1 Å². The van der Waals surface area contributed by atoms with E-state index in [2.05, 4.69) is 4.72 Å². The molecule has 0 aliphatic carbocycles. The summed E-state index contributed by atoms with van der Waals surface area (Å²) in [7, 11) is -2.24. The number of nitro benzene ring substituents is 1. The van der Waals surface area contributed by atoms with Crippen molar-refractivity contribution in [1.82, 2.24) is 4.72 Å². The molecule has 0 bridgehead atoms. The molecule has 2 aromatic carbocycles. The number of rotatable bonds is 8. The topological polar surface area (TPSA) is 98.5 Å². The normalized spacial score (nSPS) is 12.6. The highest BCUT2D eigenvalue weighted by Gasteiger charge is 2.24. The molecule has 0 fully saturated rings. The second kappa shape index (κ2) is 8.29. The van der Waals surface area contributed by atoms with E-state index >= 15 is 0 Å². The Labute approximate surface area is 153 Å². The zero-order chi connectivity index (χ0) is 19.3. The molecule has 1 atom stereocenters. The van der Waals surface area contributed by atoms with E-state index < -0.39 is 14.9 Å². The lowest BCUT2D eigenvalue weighted by Gasteiger charge is -2.15. The van der Waals surface area contributed by atoms with Gasteiger partial charge in [0.25, 0.3) is 5.69 Å². The summed E-state index contributed by atoms with van der Waals surface area (Å²) in [6.45, 7) is 3.21. The number of sulfonamides is 1. The van der Waals surface area contributed by atoms with Crippen molar-refractivity contribution >= 4 is 15.7 Å². The first-order valence-corrected chi connectivity index (χ1v) is 9.62. The zero-order valence-electron chi connectivity index (χ0n) is 14.9. The fourth-order valence-corrected chi connectivity index (χ4v) is 4.19.